The summed E-state index contributed by atoms with van der Waals surface area (Å²) in [6, 6.07) is 16.2. The number of carbonyl (C=O) groups is 2. The summed E-state index contributed by atoms with van der Waals surface area (Å²) in [6.07, 6.45) is 1.55. The fraction of sp³-hybridized carbons (Fsp3) is 0.158. The van der Waals surface area contributed by atoms with Gasteiger partial charge in [-0.05, 0) is 23.8 Å². The van der Waals surface area contributed by atoms with Crippen LogP contribution in [0.3, 0.4) is 0 Å². The zero-order valence-electron chi connectivity index (χ0n) is 13.7. The second kappa shape index (κ2) is 9.49. The predicted octanol–water partition coefficient (Wildman–Crippen LogP) is 3.44. The molecule has 130 valence electrons. The predicted molar refractivity (Wildman–Crippen MR) is 96.1 cm³/mol. The number of carbonyl (C=O) groups excluding carboxylic acids is 2. The molecule has 0 saturated carbocycles. The fourth-order valence-electron chi connectivity index (χ4n) is 1.98. The van der Waals surface area contributed by atoms with Crippen molar-refractivity contribution in [1.29, 1.82) is 0 Å². The van der Waals surface area contributed by atoms with E-state index in [-0.39, 0.29) is 24.8 Å². The minimum Gasteiger partial charge on any atom is -0.488 e. The monoisotopic (exact) mass is 359 g/mol. The summed E-state index contributed by atoms with van der Waals surface area (Å²) in [4.78, 5) is 23.5. The van der Waals surface area contributed by atoms with Crippen LogP contribution >= 0.6 is 11.6 Å². The summed E-state index contributed by atoms with van der Waals surface area (Å²) in [6.45, 7) is 1.50. The SMILES string of the molecule is CC(=O)N/C(=C/c1ccccc1)C(=O)OCCOc1ccccc1Cl. The average Bonchev–Trinajstić information content (AvgIpc) is 2.60. The van der Waals surface area contributed by atoms with E-state index in [1.54, 1.807) is 30.3 Å². The first-order chi connectivity index (χ1) is 12.1. The van der Waals surface area contributed by atoms with Crippen molar-refractivity contribution in [1.82, 2.24) is 5.32 Å². The lowest BCUT2D eigenvalue weighted by Gasteiger charge is -2.10. The number of benzene rings is 2. The van der Waals surface area contributed by atoms with Crippen molar-refractivity contribution in [2.45, 2.75) is 6.92 Å². The van der Waals surface area contributed by atoms with E-state index in [4.69, 9.17) is 21.1 Å². The Labute approximate surface area is 151 Å². The second-order valence-corrected chi connectivity index (χ2v) is 5.47. The maximum absolute atomic E-state index is 12.2. The number of ether oxygens (including phenoxy) is 2. The van der Waals surface area contributed by atoms with Crippen LogP contribution in [0.1, 0.15) is 12.5 Å². The summed E-state index contributed by atoms with van der Waals surface area (Å²) >= 11 is 5.97. The minimum absolute atomic E-state index is 0.0236. The van der Waals surface area contributed by atoms with Gasteiger partial charge < -0.3 is 14.8 Å². The third-order valence-electron chi connectivity index (χ3n) is 3.05. The number of para-hydroxylation sites is 1. The summed E-state index contributed by atoms with van der Waals surface area (Å²) in [5, 5.41) is 2.96. The van der Waals surface area contributed by atoms with Crippen LogP contribution < -0.4 is 10.1 Å². The molecule has 0 saturated heterocycles. The molecule has 0 heterocycles. The first kappa shape index (κ1) is 18.5. The van der Waals surface area contributed by atoms with Crippen molar-refractivity contribution < 1.29 is 19.1 Å². The van der Waals surface area contributed by atoms with Crippen LogP contribution in [0.25, 0.3) is 6.08 Å². The van der Waals surface area contributed by atoms with E-state index in [0.717, 1.165) is 5.56 Å². The van der Waals surface area contributed by atoms with Gasteiger partial charge in [0.1, 0.15) is 24.7 Å². The normalized spacial score (nSPS) is 10.9. The van der Waals surface area contributed by atoms with Crippen molar-refractivity contribution >= 4 is 29.6 Å². The molecule has 6 heteroatoms. The molecule has 0 atom stereocenters. The highest BCUT2D eigenvalue weighted by Gasteiger charge is 2.13. The first-order valence-electron chi connectivity index (χ1n) is 7.65. The highest BCUT2D eigenvalue weighted by atomic mass is 35.5. The maximum atomic E-state index is 12.2. The van der Waals surface area contributed by atoms with Crippen LogP contribution in [0.5, 0.6) is 5.75 Å². The molecule has 0 aliphatic heterocycles. The average molecular weight is 360 g/mol. The van der Waals surface area contributed by atoms with Gasteiger partial charge >= 0.3 is 5.97 Å². The summed E-state index contributed by atoms with van der Waals surface area (Å²) in [7, 11) is 0. The molecule has 0 fully saturated rings. The molecule has 1 N–H and O–H groups in total. The van der Waals surface area contributed by atoms with Crippen LogP contribution in [-0.4, -0.2) is 25.1 Å². The van der Waals surface area contributed by atoms with Crippen LogP contribution in [-0.2, 0) is 14.3 Å². The number of rotatable bonds is 7. The topological polar surface area (TPSA) is 64.6 Å². The van der Waals surface area contributed by atoms with E-state index >= 15 is 0 Å². The smallest absolute Gasteiger partial charge is 0.354 e. The van der Waals surface area contributed by atoms with Crippen molar-refractivity contribution in [2.75, 3.05) is 13.2 Å². The number of halogens is 1. The number of amides is 1. The number of hydrogen-bond acceptors (Lipinski definition) is 4. The lowest BCUT2D eigenvalue weighted by Crippen LogP contribution is -2.27. The second-order valence-electron chi connectivity index (χ2n) is 5.06. The molecule has 0 bridgehead atoms. The molecule has 2 aromatic rings. The van der Waals surface area contributed by atoms with Crippen molar-refractivity contribution in [3.63, 3.8) is 0 Å². The van der Waals surface area contributed by atoms with E-state index in [1.807, 2.05) is 30.3 Å². The molecule has 0 spiro atoms. The Bertz CT molecular complexity index is 759. The van der Waals surface area contributed by atoms with Gasteiger partial charge in [-0.25, -0.2) is 4.79 Å². The standard InChI is InChI=1S/C19H18ClNO4/c1-14(22)21-17(13-15-7-3-2-4-8-15)19(23)25-12-11-24-18-10-6-5-9-16(18)20/h2-10,13H,11-12H2,1H3,(H,21,22)/b17-13+. The van der Waals surface area contributed by atoms with Crippen LogP contribution in [0, 0.1) is 0 Å². The molecule has 5 nitrogen and oxygen atoms in total. The number of nitrogens with one attached hydrogen (secondary N) is 1. The Kier molecular flexibility index (Phi) is 7.04. The van der Waals surface area contributed by atoms with Crippen LogP contribution in [0.2, 0.25) is 5.02 Å². The summed E-state index contributed by atoms with van der Waals surface area (Å²) < 4.78 is 10.6. The van der Waals surface area contributed by atoms with Crippen LogP contribution in [0.4, 0.5) is 0 Å². The van der Waals surface area contributed by atoms with E-state index in [1.165, 1.54) is 6.92 Å². The largest absolute Gasteiger partial charge is 0.488 e. The van der Waals surface area contributed by atoms with E-state index in [9.17, 15) is 9.59 Å². The van der Waals surface area contributed by atoms with Crippen LogP contribution in [0.15, 0.2) is 60.3 Å². The molecule has 25 heavy (non-hydrogen) atoms. The fourth-order valence-corrected chi connectivity index (χ4v) is 2.17. The molecule has 0 aliphatic rings. The van der Waals surface area contributed by atoms with E-state index < -0.39 is 5.97 Å². The molecular weight excluding hydrogens is 342 g/mol. The Hall–Kier alpha value is -2.79. The van der Waals surface area contributed by atoms with Gasteiger partial charge in [0.25, 0.3) is 0 Å². The summed E-state index contributed by atoms with van der Waals surface area (Å²) in [5.74, 6) is -0.476. The van der Waals surface area contributed by atoms with Gasteiger partial charge in [0.05, 0.1) is 5.02 Å². The van der Waals surface area contributed by atoms with Gasteiger partial charge in [0.2, 0.25) is 5.91 Å². The summed E-state index contributed by atoms with van der Waals surface area (Å²) in [5.41, 5.74) is 0.840. The Morgan fingerprint density at radius 1 is 1.04 bits per heavy atom. The maximum Gasteiger partial charge on any atom is 0.354 e. The van der Waals surface area contributed by atoms with Gasteiger partial charge in [-0.2, -0.15) is 0 Å². The molecule has 0 aliphatic carbocycles. The van der Waals surface area contributed by atoms with Gasteiger partial charge in [-0.3, -0.25) is 4.79 Å². The first-order valence-corrected chi connectivity index (χ1v) is 8.03. The van der Waals surface area contributed by atoms with E-state index in [0.29, 0.717) is 10.8 Å². The zero-order valence-corrected chi connectivity index (χ0v) is 14.5. The van der Waals surface area contributed by atoms with Gasteiger partial charge in [-0.1, -0.05) is 54.1 Å². The molecule has 0 aromatic heterocycles. The number of esters is 1. The molecular formula is C19H18ClNO4. The molecule has 2 rings (SSSR count). The molecule has 0 unspecified atom stereocenters. The highest BCUT2D eigenvalue weighted by Crippen LogP contribution is 2.22. The van der Waals surface area contributed by atoms with Gasteiger partial charge in [0.15, 0.2) is 0 Å². The minimum atomic E-state index is -0.637. The van der Waals surface area contributed by atoms with Gasteiger partial charge in [-0.15, -0.1) is 0 Å². The quantitative estimate of drug-likeness (QED) is 0.467. The lowest BCUT2D eigenvalue weighted by molar-refractivity contribution is -0.141. The Morgan fingerprint density at radius 3 is 2.40 bits per heavy atom. The zero-order chi connectivity index (χ0) is 18.1. The third kappa shape index (κ3) is 6.31. The Morgan fingerprint density at radius 2 is 1.72 bits per heavy atom. The van der Waals surface area contributed by atoms with Crippen molar-refractivity contribution in [2.24, 2.45) is 0 Å². The van der Waals surface area contributed by atoms with Crippen molar-refractivity contribution in [3.05, 3.63) is 70.9 Å². The molecule has 0 radical (unpaired) electrons. The van der Waals surface area contributed by atoms with Gasteiger partial charge in [0, 0.05) is 6.92 Å². The highest BCUT2D eigenvalue weighted by molar-refractivity contribution is 6.32. The van der Waals surface area contributed by atoms with Crippen molar-refractivity contribution in [3.8, 4) is 5.75 Å². The Balaban J connectivity index is 1.92. The molecule has 1 amide bonds. The number of hydrogen-bond donors (Lipinski definition) is 1. The van der Waals surface area contributed by atoms with E-state index in [2.05, 4.69) is 5.32 Å². The third-order valence-corrected chi connectivity index (χ3v) is 3.36. The lowest BCUT2D eigenvalue weighted by atomic mass is 10.2. The molecule has 2 aromatic carbocycles.